The maximum absolute atomic E-state index is 12.7. The number of ether oxygens (including phenoxy) is 1. The van der Waals surface area contributed by atoms with Gasteiger partial charge in [-0.1, -0.05) is 30.3 Å². The third-order valence-electron chi connectivity index (χ3n) is 5.71. The Bertz CT molecular complexity index is 976. The van der Waals surface area contributed by atoms with Gasteiger partial charge in [-0.15, -0.1) is 0 Å². The highest BCUT2D eigenvalue weighted by atomic mass is 16.5. The van der Waals surface area contributed by atoms with Crippen LogP contribution in [0.4, 0.5) is 16.2 Å². The fourth-order valence-electron chi connectivity index (χ4n) is 4.01. The van der Waals surface area contributed by atoms with Crippen molar-refractivity contribution < 1.29 is 19.1 Å². The molecular weight excluding hydrogens is 422 g/mol. The molecule has 0 saturated carbocycles. The summed E-state index contributed by atoms with van der Waals surface area (Å²) in [5.41, 5.74) is 2.77. The SMILES string of the molecule is CN(CC(=O)Nc1ccc(N2CCOCC2)cc1)CN1C(=O)N[C@@H](Cc2ccccc2)C1=O. The van der Waals surface area contributed by atoms with Gasteiger partial charge in [0.1, 0.15) is 6.04 Å². The lowest BCUT2D eigenvalue weighted by Gasteiger charge is -2.29. The summed E-state index contributed by atoms with van der Waals surface area (Å²) in [5, 5.41) is 5.60. The van der Waals surface area contributed by atoms with E-state index in [-0.39, 0.29) is 25.0 Å². The smallest absolute Gasteiger partial charge is 0.325 e. The minimum atomic E-state index is -0.591. The van der Waals surface area contributed by atoms with Gasteiger partial charge >= 0.3 is 6.03 Å². The Kier molecular flexibility index (Phi) is 7.21. The number of morpholine rings is 1. The second-order valence-electron chi connectivity index (χ2n) is 8.31. The quantitative estimate of drug-likeness (QED) is 0.591. The molecule has 0 aliphatic carbocycles. The van der Waals surface area contributed by atoms with E-state index in [2.05, 4.69) is 15.5 Å². The number of amides is 4. The number of nitrogens with zero attached hydrogens (tertiary/aromatic N) is 3. The van der Waals surface area contributed by atoms with Crippen LogP contribution in [-0.4, -0.2) is 80.3 Å². The number of anilines is 2. The summed E-state index contributed by atoms with van der Waals surface area (Å²) in [7, 11) is 1.70. The zero-order chi connectivity index (χ0) is 23.2. The molecule has 33 heavy (non-hydrogen) atoms. The van der Waals surface area contributed by atoms with Crippen LogP contribution in [-0.2, 0) is 20.7 Å². The fraction of sp³-hybridized carbons (Fsp3) is 0.375. The van der Waals surface area contributed by atoms with Gasteiger partial charge in [0.25, 0.3) is 5.91 Å². The van der Waals surface area contributed by atoms with Gasteiger partial charge in [0, 0.05) is 30.9 Å². The second-order valence-corrected chi connectivity index (χ2v) is 8.31. The van der Waals surface area contributed by atoms with Gasteiger partial charge < -0.3 is 20.3 Å². The molecule has 0 aromatic heterocycles. The first-order valence-electron chi connectivity index (χ1n) is 11.1. The Labute approximate surface area is 193 Å². The van der Waals surface area contributed by atoms with Crippen molar-refractivity contribution in [2.45, 2.75) is 12.5 Å². The Morgan fingerprint density at radius 3 is 2.48 bits per heavy atom. The van der Waals surface area contributed by atoms with Crippen molar-refractivity contribution in [3.8, 4) is 0 Å². The van der Waals surface area contributed by atoms with Gasteiger partial charge in [-0.2, -0.15) is 0 Å². The first-order chi connectivity index (χ1) is 16.0. The van der Waals surface area contributed by atoms with Crippen LogP contribution in [0.5, 0.6) is 0 Å². The van der Waals surface area contributed by atoms with E-state index in [4.69, 9.17) is 4.74 Å². The summed E-state index contributed by atoms with van der Waals surface area (Å²) in [6.07, 6.45) is 0.437. The summed E-state index contributed by atoms with van der Waals surface area (Å²) in [6, 6.07) is 16.2. The predicted molar refractivity (Wildman–Crippen MR) is 125 cm³/mol. The van der Waals surface area contributed by atoms with E-state index in [1.54, 1.807) is 11.9 Å². The number of imide groups is 1. The highest BCUT2D eigenvalue weighted by Gasteiger charge is 2.38. The van der Waals surface area contributed by atoms with E-state index in [1.165, 1.54) is 0 Å². The number of rotatable bonds is 8. The average molecular weight is 452 g/mol. The molecule has 2 aliphatic rings. The van der Waals surface area contributed by atoms with Gasteiger partial charge in [0.15, 0.2) is 0 Å². The van der Waals surface area contributed by atoms with Crippen LogP contribution < -0.4 is 15.5 Å². The zero-order valence-electron chi connectivity index (χ0n) is 18.7. The van der Waals surface area contributed by atoms with E-state index in [0.717, 1.165) is 42.5 Å². The zero-order valence-corrected chi connectivity index (χ0v) is 18.7. The number of hydrogen-bond acceptors (Lipinski definition) is 6. The molecule has 4 rings (SSSR count). The number of carbonyl (C=O) groups excluding carboxylic acids is 3. The van der Waals surface area contributed by atoms with Gasteiger partial charge in [0.2, 0.25) is 5.91 Å². The molecule has 174 valence electrons. The highest BCUT2D eigenvalue weighted by molar-refractivity contribution is 6.04. The summed E-state index contributed by atoms with van der Waals surface area (Å²) in [4.78, 5) is 42.5. The Hall–Kier alpha value is -3.43. The molecule has 2 N–H and O–H groups in total. The van der Waals surface area contributed by atoms with Crippen molar-refractivity contribution >= 4 is 29.2 Å². The number of carbonyl (C=O) groups is 3. The van der Waals surface area contributed by atoms with Crippen LogP contribution in [0.25, 0.3) is 0 Å². The van der Waals surface area contributed by atoms with Crippen molar-refractivity contribution in [3.05, 3.63) is 60.2 Å². The maximum atomic E-state index is 12.7. The van der Waals surface area contributed by atoms with E-state index in [1.807, 2.05) is 54.6 Å². The molecule has 4 amide bonds. The van der Waals surface area contributed by atoms with Crippen LogP contribution in [0.1, 0.15) is 5.56 Å². The molecule has 2 saturated heterocycles. The first-order valence-corrected chi connectivity index (χ1v) is 11.1. The standard InChI is InChI=1S/C24H29N5O4/c1-27(17-29-23(31)21(26-24(29)32)15-18-5-3-2-4-6-18)16-22(30)25-19-7-9-20(10-8-19)28-11-13-33-14-12-28/h2-10,21H,11-17H2,1H3,(H,25,30)(H,26,32)/t21-/m0/s1. The number of urea groups is 1. The molecule has 0 bridgehead atoms. The first kappa shape index (κ1) is 22.8. The Morgan fingerprint density at radius 1 is 1.09 bits per heavy atom. The monoisotopic (exact) mass is 451 g/mol. The summed E-state index contributed by atoms with van der Waals surface area (Å²) in [5.74, 6) is -0.501. The lowest BCUT2D eigenvalue weighted by molar-refractivity contribution is -0.129. The van der Waals surface area contributed by atoms with Crippen molar-refractivity contribution in [2.75, 3.05) is 56.8 Å². The lowest BCUT2D eigenvalue weighted by Crippen LogP contribution is -2.43. The van der Waals surface area contributed by atoms with E-state index >= 15 is 0 Å². The van der Waals surface area contributed by atoms with E-state index in [9.17, 15) is 14.4 Å². The molecule has 2 aliphatic heterocycles. The Morgan fingerprint density at radius 2 is 1.79 bits per heavy atom. The summed E-state index contributed by atoms with van der Waals surface area (Å²) < 4.78 is 5.37. The summed E-state index contributed by atoms with van der Waals surface area (Å²) in [6.45, 7) is 3.23. The minimum Gasteiger partial charge on any atom is -0.378 e. The van der Waals surface area contributed by atoms with Crippen molar-refractivity contribution in [1.82, 2.24) is 15.1 Å². The topological polar surface area (TPSA) is 94.2 Å². The van der Waals surface area contributed by atoms with Crippen molar-refractivity contribution in [1.29, 1.82) is 0 Å². The van der Waals surface area contributed by atoms with E-state index in [0.29, 0.717) is 12.1 Å². The maximum Gasteiger partial charge on any atom is 0.325 e. The number of likely N-dealkylation sites (N-methyl/N-ethyl adjacent to an activating group) is 1. The molecule has 9 heteroatoms. The van der Waals surface area contributed by atoms with Gasteiger partial charge in [0.05, 0.1) is 26.4 Å². The van der Waals surface area contributed by atoms with Crippen molar-refractivity contribution in [3.63, 3.8) is 0 Å². The normalized spacial score (nSPS) is 18.5. The molecular formula is C24H29N5O4. The third-order valence-corrected chi connectivity index (χ3v) is 5.71. The molecule has 2 heterocycles. The molecule has 0 unspecified atom stereocenters. The molecule has 2 fully saturated rings. The van der Waals surface area contributed by atoms with Crippen molar-refractivity contribution in [2.24, 2.45) is 0 Å². The van der Waals surface area contributed by atoms with Crippen LogP contribution in [0.3, 0.4) is 0 Å². The van der Waals surface area contributed by atoms with Crippen LogP contribution in [0.2, 0.25) is 0 Å². The molecule has 1 atom stereocenters. The van der Waals surface area contributed by atoms with Crippen LogP contribution >= 0.6 is 0 Å². The number of benzene rings is 2. The van der Waals surface area contributed by atoms with Crippen LogP contribution in [0, 0.1) is 0 Å². The highest BCUT2D eigenvalue weighted by Crippen LogP contribution is 2.19. The fourth-order valence-corrected chi connectivity index (χ4v) is 4.01. The Balaban J connectivity index is 1.25. The number of nitrogens with one attached hydrogen (secondary N) is 2. The lowest BCUT2D eigenvalue weighted by atomic mass is 10.1. The van der Waals surface area contributed by atoms with E-state index < -0.39 is 12.1 Å². The molecule has 0 spiro atoms. The largest absolute Gasteiger partial charge is 0.378 e. The van der Waals surface area contributed by atoms with Gasteiger partial charge in [-0.25, -0.2) is 9.69 Å². The van der Waals surface area contributed by atoms with Gasteiger partial charge in [-0.3, -0.25) is 14.5 Å². The van der Waals surface area contributed by atoms with Crippen LogP contribution in [0.15, 0.2) is 54.6 Å². The number of hydrogen-bond donors (Lipinski definition) is 2. The second kappa shape index (κ2) is 10.5. The molecule has 9 nitrogen and oxygen atoms in total. The molecule has 2 aromatic rings. The molecule has 0 radical (unpaired) electrons. The minimum absolute atomic E-state index is 0.0410. The third kappa shape index (κ3) is 5.88. The predicted octanol–water partition coefficient (Wildman–Crippen LogP) is 1.51. The summed E-state index contributed by atoms with van der Waals surface area (Å²) >= 11 is 0. The van der Waals surface area contributed by atoms with Gasteiger partial charge in [-0.05, 0) is 36.9 Å². The molecule has 2 aromatic carbocycles. The average Bonchev–Trinajstić information content (AvgIpc) is 3.08.